The fourth-order valence-electron chi connectivity index (χ4n) is 1.53. The molecule has 0 fully saturated rings. The van der Waals surface area contributed by atoms with E-state index in [1.165, 1.54) is 7.11 Å². The van der Waals surface area contributed by atoms with Crippen molar-refractivity contribution in [3.63, 3.8) is 0 Å². The largest absolute Gasteiger partial charge is 0.497 e. The molecule has 6 heteroatoms. The van der Waals surface area contributed by atoms with Crippen molar-refractivity contribution >= 4 is 0 Å². The Morgan fingerprint density at radius 2 is 2.00 bits per heavy atom. The van der Waals surface area contributed by atoms with Crippen LogP contribution in [-0.4, -0.2) is 31.6 Å². The van der Waals surface area contributed by atoms with E-state index in [1.54, 1.807) is 25.1 Å². The zero-order chi connectivity index (χ0) is 13.8. The average molecular weight is 264 g/mol. The molecule has 1 N–H and O–H groups in total. The Morgan fingerprint density at radius 1 is 1.33 bits per heavy atom. The normalized spacial score (nSPS) is 13.4. The van der Waals surface area contributed by atoms with Gasteiger partial charge in [-0.2, -0.15) is 13.2 Å². The Hall–Kier alpha value is -1.27. The first-order valence-electron chi connectivity index (χ1n) is 5.30. The molecule has 102 valence electrons. The molecule has 18 heavy (non-hydrogen) atoms. The molecule has 3 nitrogen and oxygen atoms in total. The first kappa shape index (κ1) is 14.8. The summed E-state index contributed by atoms with van der Waals surface area (Å²) in [5.41, 5.74) is 1.26. The van der Waals surface area contributed by atoms with Crippen LogP contribution < -0.4 is 4.74 Å². The second kappa shape index (κ2) is 6.06. The van der Waals surface area contributed by atoms with Crippen molar-refractivity contribution < 1.29 is 27.8 Å². The molecule has 0 aromatic heterocycles. The summed E-state index contributed by atoms with van der Waals surface area (Å²) in [6, 6.07) is 4.94. The summed E-state index contributed by atoms with van der Waals surface area (Å²) in [7, 11) is 1.51. The van der Waals surface area contributed by atoms with Crippen molar-refractivity contribution in [2.24, 2.45) is 0 Å². The fourth-order valence-corrected chi connectivity index (χ4v) is 1.53. The van der Waals surface area contributed by atoms with Gasteiger partial charge in [-0.25, -0.2) is 0 Å². The molecule has 0 saturated heterocycles. The molecule has 1 rings (SSSR count). The number of ether oxygens (including phenoxy) is 2. The van der Waals surface area contributed by atoms with Gasteiger partial charge in [0.05, 0.1) is 13.7 Å². The fraction of sp³-hybridized carbons (Fsp3) is 0.500. The molecule has 1 aromatic rings. The van der Waals surface area contributed by atoms with Crippen LogP contribution in [0.1, 0.15) is 17.2 Å². The van der Waals surface area contributed by atoms with Crippen LogP contribution in [0.2, 0.25) is 0 Å². The van der Waals surface area contributed by atoms with E-state index >= 15 is 0 Å². The molecule has 0 amide bonds. The van der Waals surface area contributed by atoms with E-state index < -0.39 is 25.5 Å². The molecule has 1 atom stereocenters. The zero-order valence-electron chi connectivity index (χ0n) is 10.1. The molecule has 0 aliphatic rings. The second-order valence-corrected chi connectivity index (χ2v) is 3.87. The quantitative estimate of drug-likeness (QED) is 0.888. The molecular weight excluding hydrogens is 249 g/mol. The second-order valence-electron chi connectivity index (χ2n) is 3.87. The zero-order valence-corrected chi connectivity index (χ0v) is 10.1. The van der Waals surface area contributed by atoms with Crippen molar-refractivity contribution in [2.45, 2.75) is 19.2 Å². The standard InChI is InChI=1S/C12H15F3O3/c1-8-5-9(17-2)3-4-10(8)11(16)6-18-7-12(13,14)15/h3-5,11,16H,6-7H2,1-2H3. The number of aliphatic hydroxyl groups excluding tert-OH is 1. The summed E-state index contributed by atoms with van der Waals surface area (Å²) in [5, 5.41) is 9.73. The van der Waals surface area contributed by atoms with Gasteiger partial charge in [0.25, 0.3) is 0 Å². The highest BCUT2D eigenvalue weighted by molar-refractivity contribution is 5.36. The Kier molecular flexibility index (Phi) is 4.98. The molecule has 0 saturated carbocycles. The minimum atomic E-state index is -4.38. The first-order valence-corrected chi connectivity index (χ1v) is 5.30. The number of hydrogen-bond acceptors (Lipinski definition) is 3. The molecule has 0 spiro atoms. The number of aliphatic hydroxyl groups is 1. The SMILES string of the molecule is COc1ccc(C(O)COCC(F)(F)F)c(C)c1. The van der Waals surface area contributed by atoms with E-state index in [9.17, 15) is 18.3 Å². The third kappa shape index (κ3) is 4.54. The molecule has 0 heterocycles. The van der Waals surface area contributed by atoms with Crippen molar-refractivity contribution in [1.82, 2.24) is 0 Å². The lowest BCUT2D eigenvalue weighted by molar-refractivity contribution is -0.179. The van der Waals surface area contributed by atoms with E-state index in [2.05, 4.69) is 4.74 Å². The summed E-state index contributed by atoms with van der Waals surface area (Å²) in [6.45, 7) is -0.0171. The van der Waals surface area contributed by atoms with Gasteiger partial charge in [-0.1, -0.05) is 6.07 Å². The third-order valence-corrected chi connectivity index (χ3v) is 2.38. The maximum atomic E-state index is 11.9. The number of rotatable bonds is 5. The van der Waals surface area contributed by atoms with Crippen LogP contribution in [0, 0.1) is 6.92 Å². The topological polar surface area (TPSA) is 38.7 Å². The van der Waals surface area contributed by atoms with Crippen LogP contribution in [0.5, 0.6) is 5.75 Å². The molecule has 0 aliphatic heterocycles. The molecule has 0 bridgehead atoms. The van der Waals surface area contributed by atoms with Crippen LogP contribution in [0.4, 0.5) is 13.2 Å². The van der Waals surface area contributed by atoms with E-state index in [0.29, 0.717) is 11.3 Å². The van der Waals surface area contributed by atoms with Gasteiger partial charge in [0.1, 0.15) is 18.5 Å². The maximum absolute atomic E-state index is 11.9. The maximum Gasteiger partial charge on any atom is 0.411 e. The lowest BCUT2D eigenvalue weighted by Crippen LogP contribution is -2.20. The highest BCUT2D eigenvalue weighted by Crippen LogP contribution is 2.23. The molecular formula is C12H15F3O3. The van der Waals surface area contributed by atoms with Crippen LogP contribution in [0.25, 0.3) is 0 Å². The highest BCUT2D eigenvalue weighted by atomic mass is 19.4. The lowest BCUT2D eigenvalue weighted by atomic mass is 10.0. The van der Waals surface area contributed by atoms with Gasteiger partial charge in [0.2, 0.25) is 0 Å². The van der Waals surface area contributed by atoms with E-state index in [-0.39, 0.29) is 0 Å². The van der Waals surface area contributed by atoms with E-state index in [4.69, 9.17) is 4.74 Å². The molecule has 0 radical (unpaired) electrons. The number of benzene rings is 1. The Bertz CT molecular complexity index is 391. The van der Waals surface area contributed by atoms with E-state index in [1.807, 2.05) is 0 Å². The Balaban J connectivity index is 2.59. The van der Waals surface area contributed by atoms with Gasteiger partial charge >= 0.3 is 6.18 Å². The van der Waals surface area contributed by atoms with Crippen LogP contribution in [0.15, 0.2) is 18.2 Å². The van der Waals surface area contributed by atoms with Crippen molar-refractivity contribution in [2.75, 3.05) is 20.3 Å². The lowest BCUT2D eigenvalue weighted by Gasteiger charge is -2.15. The van der Waals surface area contributed by atoms with Gasteiger partial charge in [0.15, 0.2) is 0 Å². The predicted octanol–water partition coefficient (Wildman–Crippen LogP) is 2.62. The highest BCUT2D eigenvalue weighted by Gasteiger charge is 2.28. The molecule has 1 aromatic carbocycles. The Labute approximate surface area is 103 Å². The van der Waals surface area contributed by atoms with Crippen molar-refractivity contribution in [3.8, 4) is 5.75 Å². The predicted molar refractivity (Wildman–Crippen MR) is 59.6 cm³/mol. The number of alkyl halides is 3. The van der Waals surface area contributed by atoms with Crippen LogP contribution in [0.3, 0.4) is 0 Å². The van der Waals surface area contributed by atoms with Gasteiger partial charge in [-0.05, 0) is 30.2 Å². The first-order chi connectivity index (χ1) is 8.33. The summed E-state index contributed by atoms with van der Waals surface area (Å²) in [4.78, 5) is 0. The van der Waals surface area contributed by atoms with Crippen LogP contribution in [-0.2, 0) is 4.74 Å². The summed E-state index contributed by atoms with van der Waals surface area (Å²) in [6.07, 6.45) is -5.47. The third-order valence-electron chi connectivity index (χ3n) is 2.38. The summed E-state index contributed by atoms with van der Waals surface area (Å²) >= 11 is 0. The van der Waals surface area contributed by atoms with Gasteiger partial charge in [0, 0.05) is 0 Å². The monoisotopic (exact) mass is 264 g/mol. The van der Waals surface area contributed by atoms with E-state index in [0.717, 1.165) is 5.56 Å². The van der Waals surface area contributed by atoms with Crippen LogP contribution >= 0.6 is 0 Å². The summed E-state index contributed by atoms with van der Waals surface area (Å²) < 4.78 is 45.0. The number of hydrogen-bond donors (Lipinski definition) is 1. The number of methoxy groups -OCH3 is 1. The minimum Gasteiger partial charge on any atom is -0.497 e. The number of halogens is 3. The summed E-state index contributed by atoms with van der Waals surface area (Å²) in [5.74, 6) is 0.625. The average Bonchev–Trinajstić information content (AvgIpc) is 2.26. The molecule has 0 aliphatic carbocycles. The minimum absolute atomic E-state index is 0.396. The van der Waals surface area contributed by atoms with Crippen molar-refractivity contribution in [1.29, 1.82) is 0 Å². The molecule has 1 unspecified atom stereocenters. The smallest absolute Gasteiger partial charge is 0.411 e. The van der Waals surface area contributed by atoms with Gasteiger partial charge < -0.3 is 14.6 Å². The van der Waals surface area contributed by atoms with Gasteiger partial charge in [-0.15, -0.1) is 0 Å². The van der Waals surface area contributed by atoms with Crippen molar-refractivity contribution in [3.05, 3.63) is 29.3 Å². The Morgan fingerprint density at radius 3 is 2.50 bits per heavy atom. The number of aryl methyl sites for hydroxylation is 1. The van der Waals surface area contributed by atoms with Gasteiger partial charge in [-0.3, -0.25) is 0 Å².